The van der Waals surface area contributed by atoms with Gasteiger partial charge in [0.15, 0.2) is 0 Å². The van der Waals surface area contributed by atoms with Gasteiger partial charge in [-0.3, -0.25) is 4.98 Å². The van der Waals surface area contributed by atoms with Crippen LogP contribution in [0.1, 0.15) is 25.3 Å². The fourth-order valence-corrected chi connectivity index (χ4v) is 1.78. The Morgan fingerprint density at radius 1 is 1.19 bits per heavy atom. The van der Waals surface area contributed by atoms with Crippen molar-refractivity contribution in [2.24, 2.45) is 0 Å². The van der Waals surface area contributed by atoms with E-state index in [0.29, 0.717) is 0 Å². The largest absolute Gasteiger partial charge is 0.313 e. The van der Waals surface area contributed by atoms with Crippen LogP contribution >= 0.6 is 0 Å². The molecule has 0 aliphatic heterocycles. The van der Waals surface area contributed by atoms with E-state index in [1.54, 1.807) is 0 Å². The summed E-state index contributed by atoms with van der Waals surface area (Å²) in [7, 11) is 0. The molecule has 0 fully saturated rings. The fourth-order valence-electron chi connectivity index (χ4n) is 1.78. The highest BCUT2D eigenvalue weighted by Crippen LogP contribution is 2.14. The maximum atomic E-state index is 4.11. The van der Waals surface area contributed by atoms with Gasteiger partial charge >= 0.3 is 0 Å². The lowest BCUT2D eigenvalue weighted by Crippen LogP contribution is -2.14. The number of hydrogen-bond acceptors (Lipinski definition) is 2. The van der Waals surface area contributed by atoms with Crippen LogP contribution in [0.15, 0.2) is 36.7 Å². The van der Waals surface area contributed by atoms with Gasteiger partial charge in [-0.25, -0.2) is 0 Å². The molecule has 0 unspecified atom stereocenters. The predicted molar refractivity (Wildman–Crippen MR) is 68.4 cm³/mol. The van der Waals surface area contributed by atoms with E-state index in [1.165, 1.54) is 29.2 Å². The van der Waals surface area contributed by atoms with E-state index in [-0.39, 0.29) is 0 Å². The van der Waals surface area contributed by atoms with Crippen LogP contribution in [0.2, 0.25) is 0 Å². The summed E-state index contributed by atoms with van der Waals surface area (Å²) in [4.78, 5) is 4.11. The number of benzene rings is 1. The lowest BCUT2D eigenvalue weighted by atomic mass is 10.1. The predicted octanol–water partition coefficient (Wildman–Crippen LogP) is 3.12. The number of aromatic nitrogens is 1. The Morgan fingerprint density at radius 2 is 2.12 bits per heavy atom. The third kappa shape index (κ3) is 2.80. The average Bonchev–Trinajstić information content (AvgIpc) is 2.34. The van der Waals surface area contributed by atoms with Crippen molar-refractivity contribution in [1.82, 2.24) is 10.3 Å². The average molecular weight is 214 g/mol. The first kappa shape index (κ1) is 11.1. The van der Waals surface area contributed by atoms with Crippen LogP contribution in [0.25, 0.3) is 10.8 Å². The summed E-state index contributed by atoms with van der Waals surface area (Å²) < 4.78 is 0. The summed E-state index contributed by atoms with van der Waals surface area (Å²) in [5.74, 6) is 0. The van der Waals surface area contributed by atoms with E-state index in [9.17, 15) is 0 Å². The Hall–Kier alpha value is -1.41. The summed E-state index contributed by atoms with van der Waals surface area (Å²) in [6, 6.07) is 8.60. The van der Waals surface area contributed by atoms with Gasteiger partial charge in [0.2, 0.25) is 0 Å². The van der Waals surface area contributed by atoms with Gasteiger partial charge in [0.1, 0.15) is 0 Å². The zero-order valence-corrected chi connectivity index (χ0v) is 9.74. The second-order valence-corrected chi connectivity index (χ2v) is 4.09. The highest BCUT2D eigenvalue weighted by Gasteiger charge is 1.95. The van der Waals surface area contributed by atoms with Crippen LogP contribution < -0.4 is 5.32 Å². The van der Waals surface area contributed by atoms with Crippen LogP contribution in [-0.4, -0.2) is 11.5 Å². The third-order valence-electron chi connectivity index (χ3n) is 2.74. The van der Waals surface area contributed by atoms with E-state index in [0.717, 1.165) is 13.1 Å². The number of fused-ring (bicyclic) bond motifs is 1. The summed E-state index contributed by atoms with van der Waals surface area (Å²) in [6.07, 6.45) is 6.24. The van der Waals surface area contributed by atoms with Crippen molar-refractivity contribution in [3.8, 4) is 0 Å². The van der Waals surface area contributed by atoms with Gasteiger partial charge in [-0.2, -0.15) is 0 Å². The zero-order chi connectivity index (χ0) is 11.2. The molecule has 2 heteroatoms. The molecular formula is C14H18N2. The van der Waals surface area contributed by atoms with E-state index in [1.807, 2.05) is 12.4 Å². The van der Waals surface area contributed by atoms with Crippen molar-refractivity contribution in [3.05, 3.63) is 42.2 Å². The normalized spacial score (nSPS) is 10.8. The number of unbranched alkanes of at least 4 members (excludes halogenated alkanes) is 1. The molecule has 0 bridgehead atoms. The molecule has 0 saturated carbocycles. The first-order chi connectivity index (χ1) is 7.90. The van der Waals surface area contributed by atoms with E-state index in [2.05, 4.69) is 41.5 Å². The Balaban J connectivity index is 2.02. The van der Waals surface area contributed by atoms with Gasteiger partial charge in [-0.15, -0.1) is 0 Å². The van der Waals surface area contributed by atoms with Crippen LogP contribution in [0.3, 0.4) is 0 Å². The van der Waals surface area contributed by atoms with E-state index in [4.69, 9.17) is 0 Å². The summed E-state index contributed by atoms with van der Waals surface area (Å²) in [6.45, 7) is 4.27. The monoisotopic (exact) mass is 214 g/mol. The fraction of sp³-hybridized carbons (Fsp3) is 0.357. The van der Waals surface area contributed by atoms with Gasteiger partial charge in [-0.1, -0.05) is 25.5 Å². The minimum absolute atomic E-state index is 0.957. The number of nitrogens with zero attached hydrogens (tertiary/aromatic N) is 1. The second-order valence-electron chi connectivity index (χ2n) is 4.09. The molecule has 0 amide bonds. The lowest BCUT2D eigenvalue weighted by Gasteiger charge is -2.05. The van der Waals surface area contributed by atoms with Crippen LogP contribution in [0, 0.1) is 0 Å². The zero-order valence-electron chi connectivity index (χ0n) is 9.74. The van der Waals surface area contributed by atoms with Crippen molar-refractivity contribution in [1.29, 1.82) is 0 Å². The minimum Gasteiger partial charge on any atom is -0.313 e. The maximum absolute atomic E-state index is 4.11. The van der Waals surface area contributed by atoms with Gasteiger partial charge in [-0.05, 0) is 36.0 Å². The minimum atomic E-state index is 0.957. The number of nitrogens with one attached hydrogen (secondary N) is 1. The summed E-state index contributed by atoms with van der Waals surface area (Å²) in [5.41, 5.74) is 1.34. The molecule has 1 aromatic heterocycles. The number of hydrogen-bond donors (Lipinski definition) is 1. The van der Waals surface area contributed by atoms with Crippen LogP contribution in [0.5, 0.6) is 0 Å². The van der Waals surface area contributed by atoms with Crippen molar-refractivity contribution >= 4 is 10.8 Å². The molecule has 0 radical (unpaired) electrons. The molecule has 0 aliphatic rings. The molecule has 0 spiro atoms. The molecule has 84 valence electrons. The summed E-state index contributed by atoms with van der Waals surface area (Å²) >= 11 is 0. The van der Waals surface area contributed by atoms with Crippen molar-refractivity contribution in [2.75, 3.05) is 6.54 Å². The topological polar surface area (TPSA) is 24.9 Å². The number of pyridine rings is 1. The van der Waals surface area contributed by atoms with Crippen molar-refractivity contribution in [2.45, 2.75) is 26.3 Å². The highest BCUT2D eigenvalue weighted by atomic mass is 14.8. The molecule has 16 heavy (non-hydrogen) atoms. The van der Waals surface area contributed by atoms with Crippen molar-refractivity contribution in [3.63, 3.8) is 0 Å². The Labute approximate surface area is 96.7 Å². The SMILES string of the molecule is CCCCNCc1ccc2cnccc2c1. The molecular weight excluding hydrogens is 196 g/mol. The molecule has 1 N–H and O–H groups in total. The molecule has 1 heterocycles. The second kappa shape index (κ2) is 5.61. The smallest absolute Gasteiger partial charge is 0.0346 e. The molecule has 0 saturated heterocycles. The molecule has 2 aromatic rings. The standard InChI is InChI=1S/C14H18N2/c1-2-3-7-15-10-12-4-5-14-11-16-8-6-13(14)9-12/h4-6,8-9,11,15H,2-3,7,10H2,1H3. The molecule has 0 atom stereocenters. The van der Waals surface area contributed by atoms with E-state index >= 15 is 0 Å². The van der Waals surface area contributed by atoms with E-state index < -0.39 is 0 Å². The molecule has 1 aromatic carbocycles. The quantitative estimate of drug-likeness (QED) is 0.773. The Kier molecular flexibility index (Phi) is 3.89. The maximum Gasteiger partial charge on any atom is 0.0346 e. The first-order valence-electron chi connectivity index (χ1n) is 5.93. The molecule has 0 aliphatic carbocycles. The Morgan fingerprint density at radius 3 is 3.00 bits per heavy atom. The van der Waals surface area contributed by atoms with Gasteiger partial charge < -0.3 is 5.32 Å². The first-order valence-corrected chi connectivity index (χ1v) is 5.93. The summed E-state index contributed by atoms with van der Waals surface area (Å²) in [5, 5.41) is 5.93. The molecule has 2 rings (SSSR count). The van der Waals surface area contributed by atoms with Gasteiger partial charge in [0.25, 0.3) is 0 Å². The third-order valence-corrected chi connectivity index (χ3v) is 2.74. The van der Waals surface area contributed by atoms with Gasteiger partial charge in [0, 0.05) is 24.3 Å². The van der Waals surface area contributed by atoms with Crippen LogP contribution in [-0.2, 0) is 6.54 Å². The molecule has 2 nitrogen and oxygen atoms in total. The van der Waals surface area contributed by atoms with Crippen molar-refractivity contribution < 1.29 is 0 Å². The lowest BCUT2D eigenvalue weighted by molar-refractivity contribution is 0.642. The Bertz CT molecular complexity index is 451. The van der Waals surface area contributed by atoms with Crippen LogP contribution in [0.4, 0.5) is 0 Å². The van der Waals surface area contributed by atoms with Gasteiger partial charge in [0.05, 0.1) is 0 Å². The number of rotatable bonds is 5. The highest BCUT2D eigenvalue weighted by molar-refractivity contribution is 5.81.